The van der Waals surface area contributed by atoms with Gasteiger partial charge in [-0.15, -0.1) is 0 Å². The molecule has 0 spiro atoms. The third-order valence-corrected chi connectivity index (χ3v) is 7.32. The van der Waals surface area contributed by atoms with E-state index in [2.05, 4.69) is 10.6 Å². The smallest absolute Gasteiger partial charge is 0.446 e. The molecule has 0 aliphatic heterocycles. The minimum Gasteiger partial charge on any atom is -0.465 e. The Morgan fingerprint density at radius 3 is 2.13 bits per heavy atom. The van der Waals surface area contributed by atoms with E-state index in [4.69, 9.17) is 9.47 Å². The van der Waals surface area contributed by atoms with E-state index in [-0.39, 0.29) is 52.7 Å². The number of halogens is 5. The van der Waals surface area contributed by atoms with Crippen molar-refractivity contribution >= 4 is 51.9 Å². The summed E-state index contributed by atoms with van der Waals surface area (Å²) >= 11 is -0.237. The zero-order valence-corrected chi connectivity index (χ0v) is 25.6. The number of urea groups is 1. The zero-order chi connectivity index (χ0) is 33.6. The number of rotatable bonds is 11. The first-order chi connectivity index (χ1) is 21.7. The van der Waals surface area contributed by atoms with Gasteiger partial charge < -0.3 is 20.1 Å². The Balaban J connectivity index is 1.44. The number of benzene rings is 3. The molecule has 15 heteroatoms. The first kappa shape index (κ1) is 34.2. The van der Waals surface area contributed by atoms with E-state index in [0.717, 1.165) is 16.7 Å². The number of hydrogen-bond donors (Lipinski definition) is 2. The van der Waals surface area contributed by atoms with Crippen molar-refractivity contribution in [2.75, 3.05) is 31.3 Å². The van der Waals surface area contributed by atoms with E-state index in [1.807, 2.05) is 0 Å². The Morgan fingerprint density at radius 2 is 1.54 bits per heavy atom. The summed E-state index contributed by atoms with van der Waals surface area (Å²) in [6.45, 7) is 1.84. The van der Waals surface area contributed by atoms with Gasteiger partial charge in [-0.05, 0) is 93.8 Å². The topological polar surface area (TPSA) is 102 Å². The van der Waals surface area contributed by atoms with Gasteiger partial charge in [0, 0.05) is 34.7 Å². The maximum Gasteiger partial charge on any atom is 0.446 e. The van der Waals surface area contributed by atoms with Crippen molar-refractivity contribution in [1.82, 2.24) is 9.47 Å². The monoisotopic (exact) mass is 664 g/mol. The minimum atomic E-state index is -4.40. The normalized spacial score (nSPS) is 12.2. The van der Waals surface area contributed by atoms with Gasteiger partial charge in [-0.1, -0.05) is 0 Å². The summed E-state index contributed by atoms with van der Waals surface area (Å²) in [5.41, 5.74) is -4.03. The summed E-state index contributed by atoms with van der Waals surface area (Å²) in [5.74, 6) is -2.74. The van der Waals surface area contributed by atoms with Gasteiger partial charge in [0.1, 0.15) is 17.5 Å². The van der Waals surface area contributed by atoms with Crippen molar-refractivity contribution in [1.29, 1.82) is 0 Å². The van der Waals surface area contributed by atoms with Crippen molar-refractivity contribution in [3.05, 3.63) is 78.5 Å². The van der Waals surface area contributed by atoms with Gasteiger partial charge in [-0.2, -0.15) is 13.2 Å². The van der Waals surface area contributed by atoms with Gasteiger partial charge in [0.15, 0.2) is 11.6 Å². The molecule has 4 rings (SSSR count). The summed E-state index contributed by atoms with van der Waals surface area (Å²) in [4.78, 5) is 39.9. The largest absolute Gasteiger partial charge is 0.465 e. The number of likely N-dealkylation sites (N-methyl/N-ethyl adjacent to an activating group) is 1. The maximum absolute atomic E-state index is 14.2. The quantitative estimate of drug-likeness (QED) is 0.0956. The van der Waals surface area contributed by atoms with E-state index in [0.29, 0.717) is 17.2 Å². The van der Waals surface area contributed by atoms with E-state index in [1.165, 1.54) is 54.7 Å². The molecule has 1 unspecified atom stereocenters. The fourth-order valence-electron chi connectivity index (χ4n) is 4.47. The standard InChI is InChI=1S/C31H29F5N4O5S/c1-4-44-29(42)26(39(2)3)13-14-28(41)40-17-25(22-15-23(32)24(33)16-27(22)40)38-30(43)37-18-5-7-19(8-6-18)45-20-9-11-21(12-10-20)46-31(34,35)36/h5-12,15-17,26H,4,13-14H2,1-3H3,(H2,37,38,43). The number of alkyl halides is 3. The fourth-order valence-corrected chi connectivity index (χ4v) is 5.01. The van der Waals surface area contributed by atoms with E-state index >= 15 is 0 Å². The number of esters is 1. The highest BCUT2D eigenvalue weighted by Gasteiger charge is 2.29. The maximum atomic E-state index is 14.2. The number of carbonyl (C=O) groups excluding carboxylic acids is 3. The molecule has 0 saturated heterocycles. The Bertz CT molecular complexity index is 1710. The summed E-state index contributed by atoms with van der Waals surface area (Å²) in [6.07, 6.45) is 1.20. The number of nitrogens with zero attached hydrogens (tertiary/aromatic N) is 2. The highest BCUT2D eigenvalue weighted by molar-refractivity contribution is 8.00. The van der Waals surface area contributed by atoms with Crippen LogP contribution in [0.3, 0.4) is 0 Å². The molecule has 0 radical (unpaired) electrons. The molecule has 4 aromatic rings. The number of nitrogens with one attached hydrogen (secondary N) is 2. The molecule has 2 amide bonds. The Labute approximate surface area is 264 Å². The average Bonchev–Trinajstić information content (AvgIpc) is 3.31. The molecule has 0 bridgehead atoms. The second kappa shape index (κ2) is 14.6. The molecule has 9 nitrogen and oxygen atoms in total. The number of amides is 2. The van der Waals surface area contributed by atoms with Crippen molar-refractivity contribution in [3.63, 3.8) is 0 Å². The Kier molecular flexibility index (Phi) is 10.9. The van der Waals surface area contributed by atoms with Crippen LogP contribution in [0.15, 0.2) is 71.8 Å². The average molecular weight is 665 g/mol. The van der Waals surface area contributed by atoms with Crippen LogP contribution < -0.4 is 15.4 Å². The summed E-state index contributed by atoms with van der Waals surface area (Å²) in [7, 11) is 3.33. The number of thioether (sulfide) groups is 1. The number of fused-ring (bicyclic) bond motifs is 1. The van der Waals surface area contributed by atoms with E-state index in [1.54, 1.807) is 25.9 Å². The molecule has 46 heavy (non-hydrogen) atoms. The van der Waals surface area contributed by atoms with Gasteiger partial charge in [0.05, 0.1) is 17.8 Å². The van der Waals surface area contributed by atoms with Crippen molar-refractivity contribution < 1.29 is 45.8 Å². The third kappa shape index (κ3) is 8.97. The SMILES string of the molecule is CCOC(=O)C(CCC(=O)n1cc(NC(=O)Nc2ccc(Oc3ccc(SC(F)(F)F)cc3)cc2)c2cc(F)c(F)cc21)N(C)C. The lowest BCUT2D eigenvalue weighted by Gasteiger charge is -2.22. The predicted molar refractivity (Wildman–Crippen MR) is 163 cm³/mol. The summed E-state index contributed by atoms with van der Waals surface area (Å²) in [5, 5.41) is 5.19. The van der Waals surface area contributed by atoms with Crippen LogP contribution >= 0.6 is 11.8 Å². The van der Waals surface area contributed by atoms with Crippen LogP contribution in [-0.4, -0.2) is 59.6 Å². The minimum absolute atomic E-state index is 0.0118. The van der Waals surface area contributed by atoms with Gasteiger partial charge in [-0.25, -0.2) is 13.6 Å². The predicted octanol–water partition coefficient (Wildman–Crippen LogP) is 7.88. The highest BCUT2D eigenvalue weighted by Crippen LogP contribution is 2.37. The molecule has 0 saturated carbocycles. The van der Waals surface area contributed by atoms with Gasteiger partial charge >= 0.3 is 17.5 Å². The Hall–Kier alpha value is -4.63. The van der Waals surface area contributed by atoms with Crippen molar-refractivity contribution in [3.8, 4) is 11.5 Å². The molecule has 1 aromatic heterocycles. The first-order valence-electron chi connectivity index (χ1n) is 13.8. The van der Waals surface area contributed by atoms with Crippen molar-refractivity contribution in [2.24, 2.45) is 0 Å². The van der Waals surface area contributed by atoms with E-state index in [9.17, 15) is 36.3 Å². The van der Waals surface area contributed by atoms with Crippen LogP contribution in [0.5, 0.6) is 11.5 Å². The van der Waals surface area contributed by atoms with Crippen LogP contribution in [0.25, 0.3) is 10.9 Å². The Morgan fingerprint density at radius 1 is 0.935 bits per heavy atom. The molecule has 3 aromatic carbocycles. The van der Waals surface area contributed by atoms with Crippen LogP contribution in [-0.2, 0) is 9.53 Å². The number of hydrogen-bond acceptors (Lipinski definition) is 7. The molecular formula is C31H29F5N4O5S. The van der Waals surface area contributed by atoms with Gasteiger partial charge in [0.2, 0.25) is 5.91 Å². The summed E-state index contributed by atoms with van der Waals surface area (Å²) in [6, 6.07) is 11.7. The molecule has 1 atom stereocenters. The molecule has 0 aliphatic rings. The van der Waals surface area contributed by atoms with Gasteiger partial charge in [-0.3, -0.25) is 19.1 Å². The molecule has 1 heterocycles. The lowest BCUT2D eigenvalue weighted by Crippen LogP contribution is -2.37. The van der Waals surface area contributed by atoms with Gasteiger partial charge in [0.25, 0.3) is 0 Å². The molecule has 244 valence electrons. The van der Waals surface area contributed by atoms with E-state index < -0.39 is 41.1 Å². The number of ether oxygens (including phenoxy) is 2. The lowest BCUT2D eigenvalue weighted by molar-refractivity contribution is -0.148. The molecule has 0 fully saturated rings. The van der Waals surface area contributed by atoms with Crippen LogP contribution in [0.1, 0.15) is 24.6 Å². The highest BCUT2D eigenvalue weighted by atomic mass is 32.2. The van der Waals surface area contributed by atoms with Crippen LogP contribution in [0.4, 0.5) is 38.1 Å². The number of carbonyl (C=O) groups is 3. The molecular weight excluding hydrogens is 635 g/mol. The molecule has 0 aliphatic carbocycles. The zero-order valence-electron chi connectivity index (χ0n) is 24.8. The number of anilines is 2. The first-order valence-corrected chi connectivity index (χ1v) is 14.6. The second-order valence-corrected chi connectivity index (χ2v) is 11.2. The molecule has 2 N–H and O–H groups in total. The summed E-state index contributed by atoms with van der Waals surface area (Å²) < 4.78 is 77.8. The number of aromatic nitrogens is 1. The third-order valence-electron chi connectivity index (χ3n) is 6.58. The van der Waals surface area contributed by atoms with Crippen LogP contribution in [0, 0.1) is 11.6 Å². The van der Waals surface area contributed by atoms with Crippen molar-refractivity contribution in [2.45, 2.75) is 36.2 Å². The second-order valence-electron chi connectivity index (χ2n) is 10.1. The van der Waals surface area contributed by atoms with Crippen LogP contribution in [0.2, 0.25) is 0 Å². The fraction of sp³-hybridized carbons (Fsp3) is 0.258. The lowest BCUT2D eigenvalue weighted by atomic mass is 10.1.